The van der Waals surface area contributed by atoms with E-state index in [9.17, 15) is 12.8 Å². The lowest BCUT2D eigenvalue weighted by molar-refractivity contribution is 0.393. The minimum atomic E-state index is -4.14. The van der Waals surface area contributed by atoms with Crippen LogP contribution in [0.1, 0.15) is 11.3 Å². The van der Waals surface area contributed by atoms with Gasteiger partial charge >= 0.3 is 0 Å². The second-order valence-electron chi connectivity index (χ2n) is 5.77. The van der Waals surface area contributed by atoms with Crippen molar-refractivity contribution in [1.82, 2.24) is 9.29 Å². The monoisotopic (exact) mass is 468 g/mol. The Hall–Kier alpha value is -1.80. The molecular weight excluding hydrogens is 455 g/mol. The number of hydrogen-bond donors (Lipinski definition) is 0. The number of sulfonamides is 1. The number of pyridine rings is 1. The van der Waals surface area contributed by atoms with Gasteiger partial charge in [0.15, 0.2) is 5.82 Å². The number of halogens is 3. The van der Waals surface area contributed by atoms with Crippen molar-refractivity contribution in [2.24, 2.45) is 0 Å². The highest BCUT2D eigenvalue weighted by molar-refractivity contribution is 9.10. The number of benzene rings is 2. The minimum absolute atomic E-state index is 0.00515. The quantitative estimate of drug-likeness (QED) is 0.509. The van der Waals surface area contributed by atoms with Crippen LogP contribution < -0.4 is 0 Å². The normalized spacial score (nSPS) is 11.7. The van der Waals surface area contributed by atoms with E-state index < -0.39 is 20.7 Å². The fourth-order valence-electron chi connectivity index (χ4n) is 2.51. The zero-order valence-electron chi connectivity index (χ0n) is 14.0. The van der Waals surface area contributed by atoms with Gasteiger partial charge in [-0.25, -0.2) is 12.8 Å². The Balaban J connectivity index is 2.02. The third-order valence-corrected chi connectivity index (χ3v) is 6.50. The Bertz CT molecular complexity index is 1030. The highest BCUT2D eigenvalue weighted by atomic mass is 79.9. The molecule has 27 heavy (non-hydrogen) atoms. The molecule has 0 saturated carbocycles. The van der Waals surface area contributed by atoms with Crippen LogP contribution in [0.15, 0.2) is 76.2 Å². The predicted octanol–water partition coefficient (Wildman–Crippen LogP) is 5.03. The molecule has 4 nitrogen and oxygen atoms in total. The fraction of sp³-hybridized carbons (Fsp3) is 0.105. The molecule has 1 heterocycles. The van der Waals surface area contributed by atoms with Crippen molar-refractivity contribution in [2.75, 3.05) is 0 Å². The Morgan fingerprint density at radius 2 is 1.74 bits per heavy atom. The molecule has 3 aromatic rings. The van der Waals surface area contributed by atoms with E-state index in [1.165, 1.54) is 22.5 Å². The highest BCUT2D eigenvalue weighted by Gasteiger charge is 2.29. The molecule has 0 aliphatic heterocycles. The lowest BCUT2D eigenvalue weighted by Crippen LogP contribution is -2.31. The van der Waals surface area contributed by atoms with Crippen LogP contribution in [-0.4, -0.2) is 17.7 Å². The molecule has 8 heteroatoms. The van der Waals surface area contributed by atoms with Gasteiger partial charge in [0.2, 0.25) is 10.0 Å². The van der Waals surface area contributed by atoms with Crippen LogP contribution in [0.4, 0.5) is 4.39 Å². The van der Waals surface area contributed by atoms with Gasteiger partial charge in [-0.3, -0.25) is 4.98 Å². The maximum Gasteiger partial charge on any atom is 0.246 e. The molecule has 0 fully saturated rings. The molecule has 0 aliphatic rings. The molecule has 0 atom stereocenters. The average Bonchev–Trinajstić information content (AvgIpc) is 2.66. The maximum atomic E-state index is 14.4. The topological polar surface area (TPSA) is 50.3 Å². The van der Waals surface area contributed by atoms with Crippen molar-refractivity contribution in [1.29, 1.82) is 0 Å². The molecule has 0 radical (unpaired) electrons. The van der Waals surface area contributed by atoms with Crippen molar-refractivity contribution in [3.05, 3.63) is 93.4 Å². The molecule has 2 aromatic carbocycles. The molecule has 140 valence electrons. The van der Waals surface area contributed by atoms with E-state index >= 15 is 0 Å². The lowest BCUT2D eigenvalue weighted by Gasteiger charge is -2.22. The van der Waals surface area contributed by atoms with Gasteiger partial charge in [-0.05, 0) is 42.0 Å². The fourth-order valence-corrected chi connectivity index (χ4v) is 4.50. The molecule has 0 spiro atoms. The van der Waals surface area contributed by atoms with E-state index in [0.717, 1.165) is 10.0 Å². The van der Waals surface area contributed by atoms with Crippen LogP contribution in [0, 0.1) is 5.82 Å². The molecule has 0 bridgehead atoms. The molecular formula is C19H15BrClFN2O2S. The van der Waals surface area contributed by atoms with Crippen molar-refractivity contribution in [2.45, 2.75) is 18.0 Å². The molecule has 3 rings (SSSR count). The summed E-state index contributed by atoms with van der Waals surface area (Å²) in [5.74, 6) is -0.957. The van der Waals surface area contributed by atoms with E-state index in [0.29, 0.717) is 5.69 Å². The summed E-state index contributed by atoms with van der Waals surface area (Å²) in [4.78, 5) is 3.73. The van der Waals surface area contributed by atoms with Crippen LogP contribution in [0.25, 0.3) is 0 Å². The zero-order valence-corrected chi connectivity index (χ0v) is 17.2. The molecule has 0 amide bonds. The van der Waals surface area contributed by atoms with E-state index in [1.54, 1.807) is 36.5 Å². The first kappa shape index (κ1) is 19.9. The summed E-state index contributed by atoms with van der Waals surface area (Å²) in [6.07, 6.45) is 1.58. The predicted molar refractivity (Wildman–Crippen MR) is 106 cm³/mol. The number of nitrogens with zero attached hydrogens (tertiary/aromatic N) is 2. The SMILES string of the molecule is O=S(=O)(c1cccc(Cl)c1F)N(Cc1ccc(Br)cc1)Cc1ccccn1. The summed E-state index contributed by atoms with van der Waals surface area (Å²) >= 11 is 9.14. The molecule has 0 saturated heterocycles. The summed E-state index contributed by atoms with van der Waals surface area (Å²) in [7, 11) is -4.14. The van der Waals surface area contributed by atoms with Crippen LogP contribution in [0.5, 0.6) is 0 Å². The lowest BCUT2D eigenvalue weighted by atomic mass is 10.2. The summed E-state index contributed by atoms with van der Waals surface area (Å²) in [5.41, 5.74) is 1.32. The van der Waals surface area contributed by atoms with Gasteiger partial charge in [-0.2, -0.15) is 4.31 Å². The molecule has 0 aliphatic carbocycles. The molecule has 0 unspecified atom stereocenters. The van der Waals surface area contributed by atoms with Crippen LogP contribution in [0.3, 0.4) is 0 Å². The van der Waals surface area contributed by atoms with E-state index in [1.807, 2.05) is 12.1 Å². The van der Waals surface area contributed by atoms with Gasteiger partial charge in [0.25, 0.3) is 0 Å². The van der Waals surface area contributed by atoms with Gasteiger partial charge in [0, 0.05) is 17.2 Å². The minimum Gasteiger partial charge on any atom is -0.260 e. The first-order valence-electron chi connectivity index (χ1n) is 7.96. The molecule has 0 N–H and O–H groups in total. The average molecular weight is 470 g/mol. The van der Waals surface area contributed by atoms with Gasteiger partial charge in [0.05, 0.1) is 17.3 Å². The van der Waals surface area contributed by atoms with E-state index in [4.69, 9.17) is 11.6 Å². The smallest absolute Gasteiger partial charge is 0.246 e. The number of aromatic nitrogens is 1. The first-order chi connectivity index (χ1) is 12.9. The Labute approximate surface area is 170 Å². The zero-order chi connectivity index (χ0) is 19.4. The third kappa shape index (κ3) is 4.73. The van der Waals surface area contributed by atoms with Gasteiger partial charge in [-0.15, -0.1) is 0 Å². The van der Waals surface area contributed by atoms with E-state index in [-0.39, 0.29) is 18.1 Å². The Kier molecular flexibility index (Phi) is 6.26. The highest BCUT2D eigenvalue weighted by Crippen LogP contribution is 2.27. The van der Waals surface area contributed by atoms with Crippen molar-refractivity contribution < 1.29 is 12.8 Å². The van der Waals surface area contributed by atoms with E-state index in [2.05, 4.69) is 20.9 Å². The van der Waals surface area contributed by atoms with Crippen LogP contribution >= 0.6 is 27.5 Å². The summed E-state index contributed by atoms with van der Waals surface area (Å²) in [6, 6.07) is 16.4. The second kappa shape index (κ2) is 8.48. The first-order valence-corrected chi connectivity index (χ1v) is 10.6. The largest absolute Gasteiger partial charge is 0.260 e. The van der Waals surface area contributed by atoms with Gasteiger partial charge in [0.1, 0.15) is 4.90 Å². The Morgan fingerprint density at radius 1 is 1.00 bits per heavy atom. The third-order valence-electron chi connectivity index (χ3n) is 3.87. The summed E-state index contributed by atoms with van der Waals surface area (Å²) in [5, 5.41) is -0.238. The Morgan fingerprint density at radius 3 is 2.41 bits per heavy atom. The molecule has 1 aromatic heterocycles. The summed E-state index contributed by atoms with van der Waals surface area (Å²) < 4.78 is 42.8. The number of hydrogen-bond acceptors (Lipinski definition) is 3. The van der Waals surface area contributed by atoms with Crippen LogP contribution in [-0.2, 0) is 23.1 Å². The van der Waals surface area contributed by atoms with Crippen molar-refractivity contribution in [3.8, 4) is 0 Å². The van der Waals surface area contributed by atoms with Gasteiger partial charge < -0.3 is 0 Å². The number of rotatable bonds is 6. The van der Waals surface area contributed by atoms with Crippen molar-refractivity contribution >= 4 is 37.6 Å². The van der Waals surface area contributed by atoms with Gasteiger partial charge in [-0.1, -0.05) is 51.8 Å². The van der Waals surface area contributed by atoms with Crippen molar-refractivity contribution in [3.63, 3.8) is 0 Å². The van der Waals surface area contributed by atoms with Crippen LogP contribution in [0.2, 0.25) is 5.02 Å². The summed E-state index contributed by atoms with van der Waals surface area (Å²) in [6.45, 7) is 0.0727. The maximum absolute atomic E-state index is 14.4. The standard InChI is InChI=1S/C19H15BrClFN2O2S/c20-15-9-7-14(8-10-15)12-24(13-16-4-1-2-11-23-16)27(25,26)18-6-3-5-17(21)19(18)22/h1-11H,12-13H2. The second-order valence-corrected chi connectivity index (χ2v) is 9.00.